The summed E-state index contributed by atoms with van der Waals surface area (Å²) in [5.74, 6) is 2.43. The minimum Gasteiger partial charge on any atom is -0.339 e. The van der Waals surface area contributed by atoms with Crippen molar-refractivity contribution >= 4 is 5.91 Å². The van der Waals surface area contributed by atoms with Gasteiger partial charge in [-0.1, -0.05) is 20.3 Å². The summed E-state index contributed by atoms with van der Waals surface area (Å²) in [6.45, 7) is 7.02. The van der Waals surface area contributed by atoms with Crippen molar-refractivity contribution in [1.82, 2.24) is 4.90 Å². The van der Waals surface area contributed by atoms with Crippen LogP contribution in [0.4, 0.5) is 0 Å². The van der Waals surface area contributed by atoms with Gasteiger partial charge < -0.3 is 10.6 Å². The van der Waals surface area contributed by atoms with E-state index in [2.05, 4.69) is 26.7 Å². The van der Waals surface area contributed by atoms with Crippen molar-refractivity contribution in [3.05, 3.63) is 0 Å². The molecule has 0 fully saturated rings. The van der Waals surface area contributed by atoms with Crippen LogP contribution in [-0.4, -0.2) is 29.4 Å². The van der Waals surface area contributed by atoms with Crippen molar-refractivity contribution in [3.63, 3.8) is 0 Å². The molecule has 0 rings (SSSR count). The zero-order valence-electron chi connectivity index (χ0n) is 10.7. The first-order valence-corrected chi connectivity index (χ1v) is 6.07. The number of rotatable bonds is 7. The van der Waals surface area contributed by atoms with E-state index >= 15 is 0 Å². The maximum atomic E-state index is 12.0. The minimum atomic E-state index is -0.546. The van der Waals surface area contributed by atoms with Crippen LogP contribution < -0.4 is 5.73 Å². The number of nitrogens with zero attached hydrogens (tertiary/aromatic N) is 1. The number of unbranched alkanes of at least 4 members (excludes halogenated alkanes) is 1. The molecule has 0 aromatic heterocycles. The molecule has 0 aliphatic carbocycles. The van der Waals surface area contributed by atoms with Gasteiger partial charge in [-0.2, -0.15) is 0 Å². The van der Waals surface area contributed by atoms with Crippen molar-refractivity contribution in [3.8, 4) is 12.3 Å². The van der Waals surface area contributed by atoms with Crippen molar-refractivity contribution < 1.29 is 4.79 Å². The fourth-order valence-corrected chi connectivity index (χ4v) is 1.52. The average Bonchev–Trinajstić information content (AvgIpc) is 2.29. The summed E-state index contributed by atoms with van der Waals surface area (Å²) in [4.78, 5) is 13.9. The number of hydrogen-bond donors (Lipinski definition) is 1. The predicted molar refractivity (Wildman–Crippen MR) is 67.8 cm³/mol. The van der Waals surface area contributed by atoms with E-state index < -0.39 is 6.04 Å². The van der Waals surface area contributed by atoms with E-state index in [0.717, 1.165) is 25.8 Å². The summed E-state index contributed by atoms with van der Waals surface area (Å²) in [5.41, 5.74) is 5.76. The fraction of sp³-hybridized carbons (Fsp3) is 0.769. The molecular formula is C13H24N2O. The molecule has 3 heteroatoms. The number of terminal acetylenes is 1. The number of amides is 1. The van der Waals surface area contributed by atoms with Gasteiger partial charge in [-0.25, -0.2) is 0 Å². The molecule has 92 valence electrons. The van der Waals surface area contributed by atoms with Crippen LogP contribution >= 0.6 is 0 Å². The summed E-state index contributed by atoms with van der Waals surface area (Å²) < 4.78 is 0. The average molecular weight is 224 g/mol. The molecule has 2 N–H and O–H groups in total. The fourth-order valence-electron chi connectivity index (χ4n) is 1.52. The molecule has 0 aromatic rings. The van der Waals surface area contributed by atoms with Crippen LogP contribution in [0.25, 0.3) is 0 Å². The van der Waals surface area contributed by atoms with Crippen LogP contribution in [0.2, 0.25) is 0 Å². The molecule has 0 saturated heterocycles. The van der Waals surface area contributed by atoms with Gasteiger partial charge in [0.15, 0.2) is 0 Å². The minimum absolute atomic E-state index is 0.0132. The van der Waals surface area contributed by atoms with Crippen LogP contribution in [0.5, 0.6) is 0 Å². The lowest BCUT2D eigenvalue weighted by Gasteiger charge is -2.30. The molecule has 2 atom stereocenters. The Bertz CT molecular complexity index is 245. The van der Waals surface area contributed by atoms with Gasteiger partial charge in [0.2, 0.25) is 5.91 Å². The first kappa shape index (κ1) is 15.0. The molecule has 2 unspecified atom stereocenters. The number of carbonyl (C=O) groups is 1. The van der Waals surface area contributed by atoms with Crippen LogP contribution in [0, 0.1) is 12.3 Å². The third-order valence-electron chi connectivity index (χ3n) is 2.81. The summed E-state index contributed by atoms with van der Waals surface area (Å²) in [7, 11) is 0. The molecule has 16 heavy (non-hydrogen) atoms. The van der Waals surface area contributed by atoms with Gasteiger partial charge in [-0.3, -0.25) is 4.79 Å². The molecule has 0 spiro atoms. The Morgan fingerprint density at radius 1 is 1.50 bits per heavy atom. The molecule has 0 radical (unpaired) electrons. The standard InChI is InChI=1S/C13H24N2O/c1-5-8-10-15(11(4)7-3)13(16)12(14)9-6-2/h2,11-12H,5,7-10,14H2,1,3-4H3. The Morgan fingerprint density at radius 2 is 2.12 bits per heavy atom. The normalized spacial score (nSPS) is 13.9. The summed E-state index contributed by atoms with van der Waals surface area (Å²) >= 11 is 0. The van der Waals surface area contributed by atoms with E-state index in [0.29, 0.717) is 6.42 Å². The molecule has 0 bridgehead atoms. The van der Waals surface area contributed by atoms with Crippen LogP contribution in [0.1, 0.15) is 46.5 Å². The lowest BCUT2D eigenvalue weighted by Crippen LogP contribution is -2.47. The number of carbonyl (C=O) groups excluding carboxylic acids is 1. The van der Waals surface area contributed by atoms with Gasteiger partial charge in [0.25, 0.3) is 0 Å². The summed E-state index contributed by atoms with van der Waals surface area (Å²) in [5, 5.41) is 0. The second-order valence-corrected chi connectivity index (χ2v) is 4.16. The van der Waals surface area contributed by atoms with Crippen molar-refractivity contribution in [2.75, 3.05) is 6.54 Å². The molecule has 0 aliphatic rings. The summed E-state index contributed by atoms with van der Waals surface area (Å²) in [6, 6.07) is -0.307. The van der Waals surface area contributed by atoms with Gasteiger partial charge in [-0.15, -0.1) is 12.3 Å². The SMILES string of the molecule is C#CCC(N)C(=O)N(CCCC)C(C)CC. The second kappa shape index (κ2) is 8.18. The smallest absolute Gasteiger partial charge is 0.240 e. The maximum absolute atomic E-state index is 12.0. The molecule has 0 aromatic carbocycles. The third-order valence-corrected chi connectivity index (χ3v) is 2.81. The lowest BCUT2D eigenvalue weighted by atomic mass is 10.1. The van der Waals surface area contributed by atoms with Crippen LogP contribution in [0.3, 0.4) is 0 Å². The molecule has 1 amide bonds. The number of hydrogen-bond acceptors (Lipinski definition) is 2. The Kier molecular flexibility index (Phi) is 7.66. The van der Waals surface area contributed by atoms with E-state index in [1.54, 1.807) is 0 Å². The van der Waals surface area contributed by atoms with Crippen molar-refractivity contribution in [1.29, 1.82) is 0 Å². The Hall–Kier alpha value is -1.01. The number of nitrogens with two attached hydrogens (primary N) is 1. The van der Waals surface area contributed by atoms with Crippen molar-refractivity contribution in [2.24, 2.45) is 5.73 Å². The lowest BCUT2D eigenvalue weighted by molar-refractivity contribution is -0.134. The van der Waals surface area contributed by atoms with E-state index in [1.807, 2.05) is 4.90 Å². The van der Waals surface area contributed by atoms with Gasteiger partial charge in [-0.05, 0) is 19.8 Å². The highest BCUT2D eigenvalue weighted by Crippen LogP contribution is 2.08. The zero-order chi connectivity index (χ0) is 12.6. The first-order chi connectivity index (χ1) is 7.58. The molecule has 0 saturated carbocycles. The zero-order valence-corrected chi connectivity index (χ0v) is 10.7. The Balaban J connectivity index is 4.49. The molecule has 0 aliphatic heterocycles. The largest absolute Gasteiger partial charge is 0.339 e. The van der Waals surface area contributed by atoms with E-state index in [1.165, 1.54) is 0 Å². The van der Waals surface area contributed by atoms with E-state index in [-0.39, 0.29) is 11.9 Å². The second-order valence-electron chi connectivity index (χ2n) is 4.16. The van der Waals surface area contributed by atoms with Gasteiger partial charge in [0.05, 0.1) is 6.04 Å². The maximum Gasteiger partial charge on any atom is 0.240 e. The predicted octanol–water partition coefficient (Wildman–Crippen LogP) is 1.76. The highest BCUT2D eigenvalue weighted by atomic mass is 16.2. The Morgan fingerprint density at radius 3 is 2.56 bits per heavy atom. The highest BCUT2D eigenvalue weighted by molar-refractivity contribution is 5.82. The third kappa shape index (κ3) is 4.67. The Labute approximate surface area is 99.4 Å². The van der Waals surface area contributed by atoms with Crippen LogP contribution in [-0.2, 0) is 4.79 Å². The quantitative estimate of drug-likeness (QED) is 0.670. The summed E-state index contributed by atoms with van der Waals surface area (Å²) in [6.07, 6.45) is 8.52. The van der Waals surface area contributed by atoms with Crippen LogP contribution in [0.15, 0.2) is 0 Å². The van der Waals surface area contributed by atoms with E-state index in [9.17, 15) is 4.79 Å². The first-order valence-electron chi connectivity index (χ1n) is 6.07. The van der Waals surface area contributed by atoms with E-state index in [4.69, 9.17) is 12.2 Å². The molecule has 3 nitrogen and oxygen atoms in total. The van der Waals surface area contributed by atoms with Gasteiger partial charge >= 0.3 is 0 Å². The van der Waals surface area contributed by atoms with Gasteiger partial charge in [0, 0.05) is 19.0 Å². The molecular weight excluding hydrogens is 200 g/mol. The van der Waals surface area contributed by atoms with Crippen molar-refractivity contribution in [2.45, 2.75) is 58.5 Å². The molecule has 0 heterocycles. The monoisotopic (exact) mass is 224 g/mol. The highest BCUT2D eigenvalue weighted by Gasteiger charge is 2.23. The topological polar surface area (TPSA) is 46.3 Å². The van der Waals surface area contributed by atoms with Gasteiger partial charge in [0.1, 0.15) is 0 Å².